The van der Waals surface area contributed by atoms with E-state index >= 15 is 0 Å². The molecule has 2 atom stereocenters. The lowest BCUT2D eigenvalue weighted by Crippen LogP contribution is -2.46. The fourth-order valence-electron chi connectivity index (χ4n) is 3.64. The maximum absolute atomic E-state index is 12.6. The van der Waals surface area contributed by atoms with Gasteiger partial charge in [0, 0.05) is 30.4 Å². The fourth-order valence-corrected chi connectivity index (χ4v) is 4.71. The van der Waals surface area contributed by atoms with Crippen molar-refractivity contribution in [2.24, 2.45) is 5.92 Å². The second kappa shape index (κ2) is 9.41. The number of benzene rings is 2. The molecule has 7 heteroatoms. The van der Waals surface area contributed by atoms with Crippen LogP contribution in [0.1, 0.15) is 37.0 Å². The van der Waals surface area contributed by atoms with E-state index in [2.05, 4.69) is 28.8 Å². The molecule has 29 heavy (non-hydrogen) atoms. The average molecular weight is 416 g/mol. The van der Waals surface area contributed by atoms with Gasteiger partial charge in [0.25, 0.3) is 15.9 Å². The summed E-state index contributed by atoms with van der Waals surface area (Å²) in [6, 6.07) is 15.0. The van der Waals surface area contributed by atoms with Crippen LogP contribution in [0.2, 0.25) is 0 Å². The first-order valence-corrected chi connectivity index (χ1v) is 11.5. The van der Waals surface area contributed by atoms with Crippen molar-refractivity contribution in [1.82, 2.24) is 10.2 Å². The van der Waals surface area contributed by atoms with Crippen LogP contribution in [0.3, 0.4) is 0 Å². The molecule has 2 unspecified atom stereocenters. The standard InChI is InChI=1S/C22H29N3O3S/c1-17-8-7-13-25(16-17)18(2)15-23-22(26)19-9-6-10-20(14-19)24-29(27,28)21-11-4-3-5-12-21/h3-6,9-12,14,17-18,24H,7-8,13,15-16H2,1-2H3,(H,23,26). The molecule has 0 aliphatic carbocycles. The number of hydrogen-bond donors (Lipinski definition) is 2. The maximum atomic E-state index is 12.6. The molecule has 1 amide bonds. The Morgan fingerprint density at radius 3 is 2.66 bits per heavy atom. The van der Waals surface area contributed by atoms with E-state index < -0.39 is 10.0 Å². The lowest BCUT2D eigenvalue weighted by Gasteiger charge is -2.35. The number of carbonyl (C=O) groups excluding carboxylic acids is 1. The van der Waals surface area contributed by atoms with Crippen molar-refractivity contribution in [3.63, 3.8) is 0 Å². The monoisotopic (exact) mass is 415 g/mol. The van der Waals surface area contributed by atoms with E-state index in [0.29, 0.717) is 23.7 Å². The molecule has 0 spiro atoms. The van der Waals surface area contributed by atoms with Gasteiger partial charge in [-0.15, -0.1) is 0 Å². The van der Waals surface area contributed by atoms with Gasteiger partial charge in [-0.3, -0.25) is 14.4 Å². The first-order chi connectivity index (χ1) is 13.8. The highest BCUT2D eigenvalue weighted by Crippen LogP contribution is 2.18. The third-order valence-electron chi connectivity index (χ3n) is 5.30. The Morgan fingerprint density at radius 2 is 1.93 bits per heavy atom. The van der Waals surface area contributed by atoms with Gasteiger partial charge in [-0.25, -0.2) is 8.42 Å². The zero-order chi connectivity index (χ0) is 20.9. The number of rotatable bonds is 7. The van der Waals surface area contributed by atoms with Gasteiger partial charge in [-0.2, -0.15) is 0 Å². The number of nitrogens with one attached hydrogen (secondary N) is 2. The van der Waals surface area contributed by atoms with Gasteiger partial charge in [-0.05, 0) is 62.6 Å². The Hall–Kier alpha value is -2.38. The van der Waals surface area contributed by atoms with Crippen molar-refractivity contribution in [3.8, 4) is 0 Å². The van der Waals surface area contributed by atoms with Gasteiger partial charge in [0.05, 0.1) is 4.90 Å². The van der Waals surface area contributed by atoms with E-state index in [4.69, 9.17) is 0 Å². The van der Waals surface area contributed by atoms with E-state index in [1.54, 1.807) is 42.5 Å². The van der Waals surface area contributed by atoms with E-state index in [-0.39, 0.29) is 16.8 Å². The molecule has 2 N–H and O–H groups in total. The van der Waals surface area contributed by atoms with Gasteiger partial charge in [0.2, 0.25) is 0 Å². The molecule has 1 aliphatic rings. The van der Waals surface area contributed by atoms with Crippen LogP contribution in [0.25, 0.3) is 0 Å². The minimum Gasteiger partial charge on any atom is -0.350 e. The van der Waals surface area contributed by atoms with Crippen molar-refractivity contribution >= 4 is 21.6 Å². The Kier molecular flexibility index (Phi) is 6.92. The van der Waals surface area contributed by atoms with Crippen LogP contribution in [0.4, 0.5) is 5.69 Å². The molecule has 6 nitrogen and oxygen atoms in total. The Morgan fingerprint density at radius 1 is 1.17 bits per heavy atom. The molecule has 0 radical (unpaired) electrons. The van der Waals surface area contributed by atoms with Crippen molar-refractivity contribution < 1.29 is 13.2 Å². The molecule has 1 fully saturated rings. The highest BCUT2D eigenvalue weighted by atomic mass is 32.2. The predicted molar refractivity (Wildman–Crippen MR) is 115 cm³/mol. The number of hydrogen-bond acceptors (Lipinski definition) is 4. The molecule has 3 rings (SSSR count). The topological polar surface area (TPSA) is 78.5 Å². The Balaban J connectivity index is 1.61. The second-order valence-corrected chi connectivity index (χ2v) is 9.48. The van der Waals surface area contributed by atoms with Gasteiger partial charge >= 0.3 is 0 Å². The molecule has 1 heterocycles. The maximum Gasteiger partial charge on any atom is 0.261 e. The molecular weight excluding hydrogens is 386 g/mol. The average Bonchev–Trinajstić information content (AvgIpc) is 2.72. The minimum absolute atomic E-state index is 0.180. The summed E-state index contributed by atoms with van der Waals surface area (Å²) >= 11 is 0. The highest BCUT2D eigenvalue weighted by Gasteiger charge is 2.21. The minimum atomic E-state index is -3.69. The number of sulfonamides is 1. The number of carbonyl (C=O) groups is 1. The van der Waals surface area contributed by atoms with Crippen LogP contribution < -0.4 is 10.0 Å². The van der Waals surface area contributed by atoms with Crippen molar-refractivity contribution in [1.29, 1.82) is 0 Å². The Labute approximate surface area is 173 Å². The van der Waals surface area contributed by atoms with E-state index in [1.807, 2.05) is 0 Å². The van der Waals surface area contributed by atoms with Crippen LogP contribution in [0, 0.1) is 5.92 Å². The summed E-state index contributed by atoms with van der Waals surface area (Å²) in [4.78, 5) is 15.2. The van der Waals surface area contributed by atoms with Gasteiger partial charge in [0.1, 0.15) is 0 Å². The van der Waals surface area contributed by atoms with Crippen LogP contribution >= 0.6 is 0 Å². The number of anilines is 1. The summed E-state index contributed by atoms with van der Waals surface area (Å²) < 4.78 is 27.5. The quantitative estimate of drug-likeness (QED) is 0.727. The largest absolute Gasteiger partial charge is 0.350 e. The number of piperidine rings is 1. The molecule has 2 aromatic carbocycles. The van der Waals surface area contributed by atoms with Gasteiger partial charge in [0.15, 0.2) is 0 Å². The zero-order valence-corrected chi connectivity index (χ0v) is 17.8. The first kappa shape index (κ1) is 21.3. The zero-order valence-electron chi connectivity index (χ0n) is 17.0. The van der Waals surface area contributed by atoms with Crippen molar-refractivity contribution in [2.75, 3.05) is 24.4 Å². The van der Waals surface area contributed by atoms with Crippen LogP contribution in [0.5, 0.6) is 0 Å². The summed E-state index contributed by atoms with van der Waals surface area (Å²) in [6.07, 6.45) is 2.46. The molecule has 156 valence electrons. The summed E-state index contributed by atoms with van der Waals surface area (Å²) in [5.74, 6) is 0.485. The lowest BCUT2D eigenvalue weighted by atomic mass is 9.99. The number of nitrogens with zero attached hydrogens (tertiary/aromatic N) is 1. The fraction of sp³-hybridized carbons (Fsp3) is 0.409. The lowest BCUT2D eigenvalue weighted by molar-refractivity contribution is 0.0917. The van der Waals surface area contributed by atoms with Crippen molar-refractivity contribution in [3.05, 3.63) is 60.2 Å². The molecule has 1 aliphatic heterocycles. The van der Waals surface area contributed by atoms with Crippen LogP contribution in [-0.4, -0.2) is 44.9 Å². The van der Waals surface area contributed by atoms with Crippen molar-refractivity contribution in [2.45, 2.75) is 37.6 Å². The second-order valence-electron chi connectivity index (χ2n) is 7.80. The molecule has 2 aromatic rings. The predicted octanol–water partition coefficient (Wildman–Crippen LogP) is 3.34. The summed E-state index contributed by atoms with van der Waals surface area (Å²) in [6.45, 7) is 7.08. The summed E-state index contributed by atoms with van der Waals surface area (Å²) in [5.41, 5.74) is 0.789. The molecule has 0 saturated carbocycles. The molecule has 0 aromatic heterocycles. The van der Waals surface area contributed by atoms with E-state index in [0.717, 1.165) is 13.1 Å². The summed E-state index contributed by atoms with van der Waals surface area (Å²) in [5, 5.41) is 2.97. The number of likely N-dealkylation sites (tertiary alicyclic amines) is 1. The molecule has 0 bridgehead atoms. The third kappa shape index (κ3) is 5.81. The molecule has 1 saturated heterocycles. The Bertz CT molecular complexity index is 931. The first-order valence-electron chi connectivity index (χ1n) is 10.1. The van der Waals surface area contributed by atoms with Crippen LogP contribution in [0.15, 0.2) is 59.5 Å². The highest BCUT2D eigenvalue weighted by molar-refractivity contribution is 7.92. The normalized spacial score (nSPS) is 18.8. The molecular formula is C22H29N3O3S. The number of amides is 1. The van der Waals surface area contributed by atoms with Crippen LogP contribution in [-0.2, 0) is 10.0 Å². The van der Waals surface area contributed by atoms with E-state index in [1.165, 1.54) is 25.0 Å². The third-order valence-corrected chi connectivity index (χ3v) is 6.70. The summed E-state index contributed by atoms with van der Waals surface area (Å²) in [7, 11) is -3.69. The van der Waals surface area contributed by atoms with E-state index in [9.17, 15) is 13.2 Å². The van der Waals surface area contributed by atoms with Gasteiger partial charge in [-0.1, -0.05) is 31.2 Å². The van der Waals surface area contributed by atoms with Gasteiger partial charge < -0.3 is 5.32 Å². The SMILES string of the molecule is CC1CCCN(C(C)CNC(=O)c2cccc(NS(=O)(=O)c3ccccc3)c2)C1. The smallest absolute Gasteiger partial charge is 0.261 e.